The number of fused-ring (bicyclic) bond motifs is 2. The molecule has 0 saturated carbocycles. The molecular weight excluding hydrogens is 348 g/mol. The molecule has 0 aliphatic carbocycles. The first-order valence-corrected chi connectivity index (χ1v) is 9.34. The number of benzene rings is 1. The number of aromatic nitrogens is 1. The molecule has 1 aromatic carbocycles. The Morgan fingerprint density at radius 2 is 2.30 bits per heavy atom. The second-order valence-corrected chi connectivity index (χ2v) is 7.46. The number of rotatable bonds is 5. The Morgan fingerprint density at radius 3 is 3.04 bits per heavy atom. The van der Waals surface area contributed by atoms with Crippen molar-refractivity contribution in [1.29, 1.82) is 0 Å². The fraction of sp³-hybridized carbons (Fsp3) is 0.500. The van der Waals surface area contributed by atoms with Crippen LogP contribution >= 0.6 is 0 Å². The van der Waals surface area contributed by atoms with Crippen molar-refractivity contribution in [2.75, 3.05) is 32.9 Å². The van der Waals surface area contributed by atoms with Crippen molar-refractivity contribution < 1.29 is 19.4 Å². The lowest BCUT2D eigenvalue weighted by molar-refractivity contribution is -0.157. The van der Waals surface area contributed by atoms with Crippen molar-refractivity contribution in [3.8, 4) is 5.75 Å². The maximum Gasteiger partial charge on any atom is 0.311 e. The van der Waals surface area contributed by atoms with Crippen LogP contribution < -0.4 is 10.3 Å². The maximum absolute atomic E-state index is 12.5. The lowest BCUT2D eigenvalue weighted by atomic mass is 9.74. The molecule has 7 nitrogen and oxygen atoms in total. The Kier molecular flexibility index (Phi) is 4.65. The predicted molar refractivity (Wildman–Crippen MR) is 100 cm³/mol. The molecule has 2 saturated heterocycles. The second kappa shape index (κ2) is 6.98. The molecule has 2 aromatic rings. The van der Waals surface area contributed by atoms with Gasteiger partial charge in [-0.25, -0.2) is 0 Å². The molecule has 0 amide bonds. The topological polar surface area (TPSA) is 91.9 Å². The van der Waals surface area contributed by atoms with Crippen LogP contribution in [0.2, 0.25) is 0 Å². The lowest BCUT2D eigenvalue weighted by Crippen LogP contribution is -2.44. The van der Waals surface area contributed by atoms with Gasteiger partial charge in [0.2, 0.25) is 0 Å². The van der Waals surface area contributed by atoms with Crippen molar-refractivity contribution in [1.82, 2.24) is 9.88 Å². The summed E-state index contributed by atoms with van der Waals surface area (Å²) in [6.07, 6.45) is 0.523. The number of pyridine rings is 1. The molecule has 2 atom stereocenters. The first-order valence-electron chi connectivity index (χ1n) is 9.34. The Morgan fingerprint density at radius 1 is 1.44 bits per heavy atom. The van der Waals surface area contributed by atoms with Crippen LogP contribution in [-0.4, -0.2) is 53.9 Å². The number of likely N-dealkylation sites (tertiary alicyclic amines) is 1. The van der Waals surface area contributed by atoms with E-state index >= 15 is 0 Å². The summed E-state index contributed by atoms with van der Waals surface area (Å²) in [6.45, 7) is 4.96. The number of carboxylic acid groups (broad SMARTS) is 1. The fourth-order valence-corrected chi connectivity index (χ4v) is 4.37. The Hall–Kier alpha value is -2.38. The number of hydrogen-bond acceptors (Lipinski definition) is 5. The molecular formula is C20H24N2O5. The predicted octanol–water partition coefficient (Wildman–Crippen LogP) is 1.85. The fourth-order valence-electron chi connectivity index (χ4n) is 4.37. The van der Waals surface area contributed by atoms with E-state index in [-0.39, 0.29) is 11.5 Å². The van der Waals surface area contributed by atoms with Gasteiger partial charge in [-0.3, -0.25) is 14.5 Å². The summed E-state index contributed by atoms with van der Waals surface area (Å²) in [6, 6.07) is 7.47. The van der Waals surface area contributed by atoms with Gasteiger partial charge in [-0.15, -0.1) is 0 Å². The molecule has 0 spiro atoms. The monoisotopic (exact) mass is 372 g/mol. The smallest absolute Gasteiger partial charge is 0.311 e. The standard InChI is InChI=1S/C20H24N2O5/c1-2-27-16-3-4-17-13(8-16)7-14(18(23)21-17)9-22-10-15-11-26-6-5-20(15,12-22)19(24)25/h3-4,7-8,15H,2,5-6,9-12H2,1H3,(H,21,23)(H,24,25)/t15-,20+/m1/s1. The van der Waals surface area contributed by atoms with Gasteiger partial charge < -0.3 is 19.6 Å². The molecule has 2 aliphatic heterocycles. The zero-order valence-electron chi connectivity index (χ0n) is 15.4. The molecule has 1 aromatic heterocycles. The highest BCUT2D eigenvalue weighted by Gasteiger charge is 2.53. The SMILES string of the molecule is CCOc1ccc2[nH]c(=O)c(CN3C[C@@H]4COCC[C@]4(C(=O)O)C3)cc2c1. The number of nitrogens with zero attached hydrogens (tertiary/aromatic N) is 1. The van der Waals surface area contributed by atoms with Gasteiger partial charge in [0.15, 0.2) is 0 Å². The summed E-state index contributed by atoms with van der Waals surface area (Å²) in [7, 11) is 0. The van der Waals surface area contributed by atoms with Crippen LogP contribution in [0.15, 0.2) is 29.1 Å². The van der Waals surface area contributed by atoms with Crippen molar-refractivity contribution in [2.24, 2.45) is 11.3 Å². The summed E-state index contributed by atoms with van der Waals surface area (Å²) in [5.74, 6) is -0.0305. The third-order valence-corrected chi connectivity index (χ3v) is 5.80. The van der Waals surface area contributed by atoms with Gasteiger partial charge in [0.1, 0.15) is 5.75 Å². The number of nitrogens with one attached hydrogen (secondary N) is 1. The quantitative estimate of drug-likeness (QED) is 0.832. The molecule has 3 heterocycles. The Bertz CT molecular complexity index is 924. The van der Waals surface area contributed by atoms with E-state index in [0.29, 0.717) is 51.4 Å². The summed E-state index contributed by atoms with van der Waals surface area (Å²) in [5.41, 5.74) is 0.500. The number of carboxylic acids is 1. The number of H-pyrrole nitrogens is 1. The van der Waals surface area contributed by atoms with Gasteiger partial charge in [0, 0.05) is 48.6 Å². The largest absolute Gasteiger partial charge is 0.494 e. The average Bonchev–Trinajstić information content (AvgIpc) is 3.02. The van der Waals surface area contributed by atoms with Crippen molar-refractivity contribution in [3.63, 3.8) is 0 Å². The van der Waals surface area contributed by atoms with E-state index in [2.05, 4.69) is 9.88 Å². The molecule has 144 valence electrons. The third kappa shape index (κ3) is 3.21. The van der Waals surface area contributed by atoms with Gasteiger partial charge in [-0.2, -0.15) is 0 Å². The van der Waals surface area contributed by atoms with Crippen molar-refractivity contribution in [2.45, 2.75) is 19.9 Å². The molecule has 0 unspecified atom stereocenters. The van der Waals surface area contributed by atoms with E-state index < -0.39 is 11.4 Å². The van der Waals surface area contributed by atoms with Crippen LogP contribution in [0.5, 0.6) is 5.75 Å². The summed E-state index contributed by atoms with van der Waals surface area (Å²) in [5, 5.41) is 10.7. The Labute approximate surface area is 156 Å². The molecule has 0 bridgehead atoms. The van der Waals surface area contributed by atoms with Gasteiger partial charge in [-0.1, -0.05) is 0 Å². The number of hydrogen-bond donors (Lipinski definition) is 2. The van der Waals surface area contributed by atoms with Crippen LogP contribution in [0.25, 0.3) is 10.9 Å². The van der Waals surface area contributed by atoms with Crippen LogP contribution in [-0.2, 0) is 16.1 Å². The highest BCUT2D eigenvalue weighted by atomic mass is 16.5. The van der Waals surface area contributed by atoms with E-state index in [9.17, 15) is 14.7 Å². The molecule has 7 heteroatoms. The van der Waals surface area contributed by atoms with E-state index in [1.165, 1.54) is 0 Å². The van der Waals surface area contributed by atoms with Crippen LogP contribution in [0.4, 0.5) is 0 Å². The molecule has 4 rings (SSSR count). The first kappa shape index (κ1) is 18.0. The van der Waals surface area contributed by atoms with E-state index in [0.717, 1.165) is 16.7 Å². The van der Waals surface area contributed by atoms with Crippen LogP contribution in [0.3, 0.4) is 0 Å². The number of ether oxygens (including phenoxy) is 2. The zero-order valence-corrected chi connectivity index (χ0v) is 15.4. The zero-order chi connectivity index (χ0) is 19.0. The van der Waals surface area contributed by atoms with Crippen LogP contribution in [0, 0.1) is 11.3 Å². The molecule has 0 radical (unpaired) electrons. The maximum atomic E-state index is 12.5. The number of aromatic amines is 1. The molecule has 2 N–H and O–H groups in total. The highest BCUT2D eigenvalue weighted by Crippen LogP contribution is 2.42. The lowest BCUT2D eigenvalue weighted by Gasteiger charge is -2.34. The van der Waals surface area contributed by atoms with E-state index in [1.807, 2.05) is 31.2 Å². The van der Waals surface area contributed by atoms with Crippen molar-refractivity contribution in [3.05, 3.63) is 40.2 Å². The van der Waals surface area contributed by atoms with Gasteiger partial charge in [0.25, 0.3) is 5.56 Å². The molecule has 27 heavy (non-hydrogen) atoms. The number of aliphatic carboxylic acids is 1. The number of carbonyl (C=O) groups is 1. The summed E-state index contributed by atoms with van der Waals surface area (Å²) >= 11 is 0. The third-order valence-electron chi connectivity index (χ3n) is 5.80. The minimum absolute atomic E-state index is 0.0344. The summed E-state index contributed by atoms with van der Waals surface area (Å²) in [4.78, 5) is 29.4. The van der Waals surface area contributed by atoms with Crippen LogP contribution in [0.1, 0.15) is 18.9 Å². The van der Waals surface area contributed by atoms with E-state index in [4.69, 9.17) is 9.47 Å². The van der Waals surface area contributed by atoms with E-state index in [1.54, 1.807) is 0 Å². The second-order valence-electron chi connectivity index (χ2n) is 7.46. The first-order chi connectivity index (χ1) is 13.0. The van der Waals surface area contributed by atoms with Crippen molar-refractivity contribution >= 4 is 16.9 Å². The van der Waals surface area contributed by atoms with Gasteiger partial charge >= 0.3 is 5.97 Å². The molecule has 2 fully saturated rings. The minimum atomic E-state index is -0.760. The highest BCUT2D eigenvalue weighted by molar-refractivity contribution is 5.80. The van der Waals surface area contributed by atoms with Gasteiger partial charge in [-0.05, 0) is 37.6 Å². The summed E-state index contributed by atoms with van der Waals surface area (Å²) < 4.78 is 11.0. The Balaban J connectivity index is 1.60. The average molecular weight is 372 g/mol. The van der Waals surface area contributed by atoms with Gasteiger partial charge in [0.05, 0.1) is 18.6 Å². The molecule has 2 aliphatic rings. The minimum Gasteiger partial charge on any atom is -0.494 e. The normalized spacial score (nSPS) is 25.4.